The molecule has 0 atom stereocenters. The molecule has 1 heterocycles. The fourth-order valence-corrected chi connectivity index (χ4v) is 1.76. The minimum absolute atomic E-state index is 0.258. The van der Waals surface area contributed by atoms with Crippen LogP contribution >= 0.6 is 0 Å². The zero-order chi connectivity index (χ0) is 13.1. The van der Waals surface area contributed by atoms with E-state index in [0.29, 0.717) is 12.1 Å². The molecule has 0 saturated heterocycles. The standard InChI is InChI=1S/C13H14F2N2O/c1-8-12(9(2)18-17-8)7-16-6-10-5-11(14)3-4-13(10)15/h3-5,16H,6-7H2,1-2H3. The molecule has 0 amide bonds. The van der Waals surface area contributed by atoms with Crippen LogP contribution in [0.4, 0.5) is 8.78 Å². The Morgan fingerprint density at radius 2 is 2.00 bits per heavy atom. The van der Waals surface area contributed by atoms with E-state index in [0.717, 1.165) is 29.2 Å². The molecule has 1 N–H and O–H groups in total. The molecule has 0 unspecified atom stereocenters. The summed E-state index contributed by atoms with van der Waals surface area (Å²) < 4.78 is 31.3. The van der Waals surface area contributed by atoms with E-state index in [1.54, 1.807) is 0 Å². The topological polar surface area (TPSA) is 38.1 Å². The van der Waals surface area contributed by atoms with Crippen LogP contribution in [0.1, 0.15) is 22.6 Å². The largest absolute Gasteiger partial charge is 0.361 e. The van der Waals surface area contributed by atoms with E-state index in [9.17, 15) is 8.78 Å². The summed E-state index contributed by atoms with van der Waals surface area (Å²) in [7, 11) is 0. The van der Waals surface area contributed by atoms with Gasteiger partial charge in [0.25, 0.3) is 0 Å². The Morgan fingerprint density at radius 1 is 1.22 bits per heavy atom. The van der Waals surface area contributed by atoms with Gasteiger partial charge in [-0.05, 0) is 32.0 Å². The van der Waals surface area contributed by atoms with Crippen molar-refractivity contribution >= 4 is 0 Å². The Bertz CT molecular complexity index is 532. The Balaban J connectivity index is 1.98. The first-order chi connectivity index (χ1) is 8.58. The fourth-order valence-electron chi connectivity index (χ4n) is 1.76. The van der Waals surface area contributed by atoms with Crippen molar-refractivity contribution in [1.29, 1.82) is 0 Å². The first-order valence-electron chi connectivity index (χ1n) is 5.64. The van der Waals surface area contributed by atoms with Crippen molar-refractivity contribution in [3.05, 3.63) is 52.4 Å². The number of benzene rings is 1. The average Bonchev–Trinajstić information content (AvgIpc) is 2.65. The van der Waals surface area contributed by atoms with Gasteiger partial charge in [-0.1, -0.05) is 5.16 Å². The van der Waals surface area contributed by atoms with Crippen LogP contribution in [0.2, 0.25) is 0 Å². The van der Waals surface area contributed by atoms with Crippen molar-refractivity contribution in [3.63, 3.8) is 0 Å². The molecule has 2 rings (SSSR count). The molecule has 0 aliphatic carbocycles. The predicted octanol–water partition coefficient (Wildman–Crippen LogP) is 2.86. The predicted molar refractivity (Wildman–Crippen MR) is 62.9 cm³/mol. The minimum atomic E-state index is -0.439. The van der Waals surface area contributed by atoms with Crippen molar-refractivity contribution in [3.8, 4) is 0 Å². The average molecular weight is 252 g/mol. The summed E-state index contributed by atoms with van der Waals surface area (Å²) in [6, 6.07) is 3.42. The molecule has 0 bridgehead atoms. The fraction of sp³-hybridized carbons (Fsp3) is 0.308. The van der Waals surface area contributed by atoms with Crippen molar-refractivity contribution in [2.45, 2.75) is 26.9 Å². The van der Waals surface area contributed by atoms with Crippen LogP contribution in [-0.4, -0.2) is 5.16 Å². The molecule has 1 aromatic heterocycles. The third-order valence-corrected chi connectivity index (χ3v) is 2.81. The van der Waals surface area contributed by atoms with Gasteiger partial charge in [0.1, 0.15) is 17.4 Å². The first kappa shape index (κ1) is 12.7. The molecular weight excluding hydrogens is 238 g/mol. The highest BCUT2D eigenvalue weighted by Gasteiger charge is 2.09. The highest BCUT2D eigenvalue weighted by Crippen LogP contribution is 2.13. The molecule has 5 heteroatoms. The second-order valence-electron chi connectivity index (χ2n) is 4.14. The van der Waals surface area contributed by atoms with Crippen LogP contribution in [0.3, 0.4) is 0 Å². The lowest BCUT2D eigenvalue weighted by Crippen LogP contribution is -2.14. The summed E-state index contributed by atoms with van der Waals surface area (Å²) in [5.74, 6) is -0.118. The van der Waals surface area contributed by atoms with Gasteiger partial charge in [0, 0.05) is 24.2 Å². The lowest BCUT2D eigenvalue weighted by atomic mass is 10.2. The Morgan fingerprint density at radius 3 is 2.67 bits per heavy atom. The maximum absolute atomic E-state index is 13.4. The van der Waals surface area contributed by atoms with Gasteiger partial charge in [0.2, 0.25) is 0 Å². The second-order valence-corrected chi connectivity index (χ2v) is 4.14. The molecule has 18 heavy (non-hydrogen) atoms. The molecular formula is C13H14F2N2O. The highest BCUT2D eigenvalue weighted by atomic mass is 19.1. The van der Waals surface area contributed by atoms with Gasteiger partial charge in [-0.25, -0.2) is 8.78 Å². The van der Waals surface area contributed by atoms with E-state index in [1.165, 1.54) is 6.07 Å². The van der Waals surface area contributed by atoms with Crippen molar-refractivity contribution in [1.82, 2.24) is 10.5 Å². The summed E-state index contributed by atoms with van der Waals surface area (Å²) in [5.41, 5.74) is 2.06. The van der Waals surface area contributed by atoms with Gasteiger partial charge in [0.05, 0.1) is 5.69 Å². The monoisotopic (exact) mass is 252 g/mol. The summed E-state index contributed by atoms with van der Waals surface area (Å²) in [6.07, 6.45) is 0. The van der Waals surface area contributed by atoms with Crippen LogP contribution in [0.15, 0.2) is 22.7 Å². The van der Waals surface area contributed by atoms with Crippen LogP contribution in [0.25, 0.3) is 0 Å². The molecule has 0 saturated carbocycles. The van der Waals surface area contributed by atoms with Crippen LogP contribution in [0.5, 0.6) is 0 Å². The van der Waals surface area contributed by atoms with E-state index in [-0.39, 0.29) is 6.54 Å². The van der Waals surface area contributed by atoms with Crippen molar-refractivity contribution in [2.75, 3.05) is 0 Å². The molecule has 3 nitrogen and oxygen atoms in total. The van der Waals surface area contributed by atoms with Crippen molar-refractivity contribution in [2.24, 2.45) is 0 Å². The zero-order valence-corrected chi connectivity index (χ0v) is 10.3. The summed E-state index contributed by atoms with van der Waals surface area (Å²) in [6.45, 7) is 4.43. The number of aromatic nitrogens is 1. The zero-order valence-electron chi connectivity index (χ0n) is 10.3. The van der Waals surface area contributed by atoms with Gasteiger partial charge in [0.15, 0.2) is 0 Å². The number of nitrogens with one attached hydrogen (secondary N) is 1. The number of rotatable bonds is 4. The molecule has 2 aromatic rings. The number of aryl methyl sites for hydroxylation is 2. The molecule has 1 aromatic carbocycles. The van der Waals surface area contributed by atoms with E-state index in [2.05, 4.69) is 10.5 Å². The second kappa shape index (κ2) is 5.27. The molecule has 0 aliphatic rings. The summed E-state index contributed by atoms with van der Waals surface area (Å²) in [5, 5.41) is 6.87. The Kier molecular flexibility index (Phi) is 3.72. The van der Waals surface area contributed by atoms with E-state index < -0.39 is 11.6 Å². The van der Waals surface area contributed by atoms with Crippen molar-refractivity contribution < 1.29 is 13.3 Å². The van der Waals surface area contributed by atoms with Crippen LogP contribution < -0.4 is 5.32 Å². The van der Waals surface area contributed by atoms with E-state index in [4.69, 9.17) is 4.52 Å². The van der Waals surface area contributed by atoms with Gasteiger partial charge >= 0.3 is 0 Å². The normalized spacial score (nSPS) is 10.9. The maximum atomic E-state index is 13.4. The highest BCUT2D eigenvalue weighted by molar-refractivity contribution is 5.21. The van der Waals surface area contributed by atoms with E-state index in [1.807, 2.05) is 13.8 Å². The third-order valence-electron chi connectivity index (χ3n) is 2.81. The van der Waals surface area contributed by atoms with Crippen LogP contribution in [-0.2, 0) is 13.1 Å². The van der Waals surface area contributed by atoms with Crippen LogP contribution in [0, 0.1) is 25.5 Å². The molecule has 96 valence electrons. The number of hydrogen-bond donors (Lipinski definition) is 1. The summed E-state index contributed by atoms with van der Waals surface area (Å²) >= 11 is 0. The maximum Gasteiger partial charge on any atom is 0.138 e. The minimum Gasteiger partial charge on any atom is -0.361 e. The molecule has 0 spiro atoms. The van der Waals surface area contributed by atoms with Gasteiger partial charge < -0.3 is 9.84 Å². The Hall–Kier alpha value is -1.75. The molecule has 0 radical (unpaired) electrons. The van der Waals surface area contributed by atoms with E-state index >= 15 is 0 Å². The molecule has 0 aliphatic heterocycles. The lowest BCUT2D eigenvalue weighted by Gasteiger charge is -2.06. The Labute approximate surface area is 104 Å². The van der Waals surface area contributed by atoms with Gasteiger partial charge in [-0.2, -0.15) is 0 Å². The van der Waals surface area contributed by atoms with Gasteiger partial charge in [-0.15, -0.1) is 0 Å². The van der Waals surface area contributed by atoms with Gasteiger partial charge in [-0.3, -0.25) is 0 Å². The number of halogens is 2. The first-order valence-corrected chi connectivity index (χ1v) is 5.64. The SMILES string of the molecule is Cc1noc(C)c1CNCc1cc(F)ccc1F. The number of hydrogen-bond acceptors (Lipinski definition) is 3. The summed E-state index contributed by atoms with van der Waals surface area (Å²) in [4.78, 5) is 0. The lowest BCUT2D eigenvalue weighted by molar-refractivity contribution is 0.392. The molecule has 0 fully saturated rings. The smallest absolute Gasteiger partial charge is 0.138 e. The quantitative estimate of drug-likeness (QED) is 0.909. The third kappa shape index (κ3) is 2.73. The number of nitrogens with zero attached hydrogens (tertiary/aromatic N) is 1.